The molecule has 2 aromatic rings. The van der Waals surface area contributed by atoms with Crippen LogP contribution in [0, 0.1) is 0 Å². The van der Waals surface area contributed by atoms with Crippen molar-refractivity contribution in [2.45, 2.75) is 46.0 Å². The summed E-state index contributed by atoms with van der Waals surface area (Å²) in [6, 6.07) is 17.3. The van der Waals surface area contributed by atoms with E-state index in [1.807, 2.05) is 0 Å². The molecule has 0 saturated carbocycles. The van der Waals surface area contributed by atoms with Crippen LogP contribution in [0.1, 0.15) is 50.7 Å². The average Bonchev–Trinajstić information content (AvgIpc) is 2.92. The Morgan fingerprint density at radius 3 is 2.04 bits per heavy atom. The number of esters is 1. The van der Waals surface area contributed by atoms with Crippen molar-refractivity contribution in [3.8, 4) is 11.1 Å². The van der Waals surface area contributed by atoms with Gasteiger partial charge in [0.25, 0.3) is 0 Å². The lowest BCUT2D eigenvalue weighted by molar-refractivity contribution is -0.142. The molecule has 1 heterocycles. The second kappa shape index (κ2) is 11.1. The first-order chi connectivity index (χ1) is 13.5. The number of aliphatic carboxylic acids is 1. The third kappa shape index (κ3) is 6.38. The molecule has 0 atom stereocenters. The maximum absolute atomic E-state index is 10.5. The number of allylic oxidation sites excluding steroid dienone is 1. The van der Waals surface area contributed by atoms with Crippen LogP contribution in [0.4, 0.5) is 0 Å². The van der Waals surface area contributed by atoms with Crippen molar-refractivity contribution >= 4 is 11.9 Å². The number of carbonyl (C=O) groups is 2. The zero-order valence-electron chi connectivity index (χ0n) is 16.6. The van der Waals surface area contributed by atoms with Gasteiger partial charge in [-0.25, -0.2) is 4.79 Å². The second-order valence-electron chi connectivity index (χ2n) is 6.80. The fourth-order valence-corrected chi connectivity index (χ4v) is 3.01. The van der Waals surface area contributed by atoms with Gasteiger partial charge in [-0.1, -0.05) is 54.6 Å². The molecule has 0 unspecified atom stereocenters. The predicted octanol–water partition coefficient (Wildman–Crippen LogP) is 5.40. The summed E-state index contributed by atoms with van der Waals surface area (Å²) in [7, 11) is 0. The standard InChI is InChI=1S/C13H10.C6H10O2.C5H8O2/c1-3-7-12-10(5-1)9-11-6-2-4-8-13(11)12;7-6-4-2-1-3-5-8-6;1-3-4(2)5(6)7/h1-8H,9H2;1-5H2;3H,1-2H3,(H,6,7). The molecule has 4 nitrogen and oxygen atoms in total. The van der Waals surface area contributed by atoms with Gasteiger partial charge >= 0.3 is 11.9 Å². The number of rotatable bonds is 1. The van der Waals surface area contributed by atoms with Crippen molar-refractivity contribution in [1.82, 2.24) is 0 Å². The van der Waals surface area contributed by atoms with Crippen LogP contribution in [0.25, 0.3) is 11.1 Å². The number of carboxylic acid groups (broad SMARTS) is 1. The van der Waals surface area contributed by atoms with E-state index in [4.69, 9.17) is 9.84 Å². The molecule has 28 heavy (non-hydrogen) atoms. The molecular weight excluding hydrogens is 352 g/mol. The van der Waals surface area contributed by atoms with Crippen molar-refractivity contribution in [3.05, 3.63) is 71.3 Å². The molecule has 1 fully saturated rings. The van der Waals surface area contributed by atoms with Gasteiger partial charge in [-0.3, -0.25) is 4.79 Å². The summed E-state index contributed by atoms with van der Waals surface area (Å²) in [6.45, 7) is 3.89. The van der Waals surface area contributed by atoms with Crippen LogP contribution in [0.3, 0.4) is 0 Å². The molecule has 1 saturated heterocycles. The Kier molecular flexibility index (Phi) is 8.47. The molecule has 2 aliphatic rings. The minimum Gasteiger partial charge on any atom is -0.478 e. The fraction of sp³-hybridized carbons (Fsp3) is 0.333. The van der Waals surface area contributed by atoms with E-state index in [1.54, 1.807) is 19.9 Å². The highest BCUT2D eigenvalue weighted by Crippen LogP contribution is 2.35. The molecule has 2 aromatic carbocycles. The normalized spacial score (nSPS) is 14.8. The molecule has 0 spiro atoms. The largest absolute Gasteiger partial charge is 0.478 e. The smallest absolute Gasteiger partial charge is 0.330 e. The Morgan fingerprint density at radius 1 is 0.964 bits per heavy atom. The van der Waals surface area contributed by atoms with Gasteiger partial charge in [0.15, 0.2) is 0 Å². The summed E-state index contributed by atoms with van der Waals surface area (Å²) in [6.07, 6.45) is 6.49. The quantitative estimate of drug-likeness (QED) is 0.453. The van der Waals surface area contributed by atoms with Gasteiger partial charge in [0.05, 0.1) is 6.61 Å². The van der Waals surface area contributed by atoms with Crippen molar-refractivity contribution in [2.75, 3.05) is 6.61 Å². The molecule has 1 aliphatic carbocycles. The molecular formula is C24H28O4. The maximum Gasteiger partial charge on any atom is 0.330 e. The fourth-order valence-electron chi connectivity index (χ4n) is 3.01. The molecule has 0 bridgehead atoms. The number of carbonyl (C=O) groups excluding carboxylic acids is 1. The van der Waals surface area contributed by atoms with Crippen LogP contribution in [-0.2, 0) is 20.7 Å². The number of benzene rings is 2. The van der Waals surface area contributed by atoms with Gasteiger partial charge in [-0.05, 0) is 61.8 Å². The predicted molar refractivity (Wildman–Crippen MR) is 111 cm³/mol. The van der Waals surface area contributed by atoms with Gasteiger partial charge in [0, 0.05) is 12.0 Å². The van der Waals surface area contributed by atoms with E-state index in [0.717, 1.165) is 25.7 Å². The van der Waals surface area contributed by atoms with Crippen LogP contribution in [-0.4, -0.2) is 23.7 Å². The Bertz CT molecular complexity index is 783. The molecule has 0 amide bonds. The lowest BCUT2D eigenvalue weighted by atomic mass is 10.1. The lowest BCUT2D eigenvalue weighted by Gasteiger charge is -1.98. The summed E-state index contributed by atoms with van der Waals surface area (Å²) in [5.41, 5.74) is 6.14. The van der Waals surface area contributed by atoms with E-state index in [-0.39, 0.29) is 5.97 Å². The molecule has 4 rings (SSSR count). The summed E-state index contributed by atoms with van der Waals surface area (Å²) >= 11 is 0. The Balaban J connectivity index is 0.000000163. The number of hydrogen-bond acceptors (Lipinski definition) is 3. The second-order valence-corrected chi connectivity index (χ2v) is 6.80. The van der Waals surface area contributed by atoms with E-state index in [0.29, 0.717) is 18.6 Å². The number of fused-ring (bicyclic) bond motifs is 3. The zero-order valence-corrected chi connectivity index (χ0v) is 16.6. The van der Waals surface area contributed by atoms with E-state index >= 15 is 0 Å². The Morgan fingerprint density at radius 2 is 1.54 bits per heavy atom. The van der Waals surface area contributed by atoms with Crippen LogP contribution in [0.5, 0.6) is 0 Å². The molecule has 0 aromatic heterocycles. The van der Waals surface area contributed by atoms with E-state index < -0.39 is 5.97 Å². The molecule has 0 radical (unpaired) electrons. The van der Waals surface area contributed by atoms with Gasteiger partial charge in [0.2, 0.25) is 0 Å². The van der Waals surface area contributed by atoms with Gasteiger partial charge < -0.3 is 9.84 Å². The number of carboxylic acids is 1. The molecule has 1 N–H and O–H groups in total. The summed E-state index contributed by atoms with van der Waals surface area (Å²) < 4.78 is 4.76. The van der Waals surface area contributed by atoms with Crippen LogP contribution < -0.4 is 0 Å². The number of hydrogen-bond donors (Lipinski definition) is 1. The highest BCUT2D eigenvalue weighted by Gasteiger charge is 2.15. The van der Waals surface area contributed by atoms with Gasteiger partial charge in [-0.2, -0.15) is 0 Å². The Hall–Kier alpha value is -2.88. The first-order valence-electron chi connectivity index (χ1n) is 9.71. The third-order valence-electron chi connectivity index (χ3n) is 4.76. The highest BCUT2D eigenvalue weighted by atomic mass is 16.5. The Labute approximate surface area is 166 Å². The maximum atomic E-state index is 10.5. The van der Waals surface area contributed by atoms with E-state index in [9.17, 15) is 9.59 Å². The molecule has 4 heteroatoms. The molecule has 148 valence electrons. The van der Waals surface area contributed by atoms with Crippen LogP contribution >= 0.6 is 0 Å². The molecule has 1 aliphatic heterocycles. The minimum atomic E-state index is -0.845. The average molecular weight is 380 g/mol. The lowest BCUT2D eigenvalue weighted by Crippen LogP contribution is -2.00. The minimum absolute atomic E-state index is 0.0255. The third-order valence-corrected chi connectivity index (χ3v) is 4.76. The first-order valence-corrected chi connectivity index (χ1v) is 9.71. The van der Waals surface area contributed by atoms with Gasteiger partial charge in [0.1, 0.15) is 0 Å². The van der Waals surface area contributed by atoms with E-state index in [2.05, 4.69) is 48.5 Å². The summed E-state index contributed by atoms with van der Waals surface area (Å²) in [4.78, 5) is 20.3. The highest BCUT2D eigenvalue weighted by molar-refractivity contribution is 5.85. The summed E-state index contributed by atoms with van der Waals surface area (Å²) in [5.74, 6) is -0.870. The number of ether oxygens (including phenoxy) is 1. The summed E-state index contributed by atoms with van der Waals surface area (Å²) in [5, 5.41) is 8.11. The van der Waals surface area contributed by atoms with Crippen molar-refractivity contribution in [2.24, 2.45) is 0 Å². The first kappa shape index (κ1) is 21.4. The van der Waals surface area contributed by atoms with Gasteiger partial charge in [-0.15, -0.1) is 0 Å². The zero-order chi connectivity index (χ0) is 20.4. The van der Waals surface area contributed by atoms with Crippen LogP contribution in [0.15, 0.2) is 60.2 Å². The topological polar surface area (TPSA) is 63.6 Å². The number of cyclic esters (lactones) is 1. The van der Waals surface area contributed by atoms with Crippen molar-refractivity contribution in [3.63, 3.8) is 0 Å². The van der Waals surface area contributed by atoms with Crippen molar-refractivity contribution in [1.29, 1.82) is 0 Å². The SMILES string of the molecule is CC=C(C)C(=O)O.O=C1CCCCCO1.c1ccc2c(c1)Cc1ccccc1-2. The van der Waals surface area contributed by atoms with Crippen LogP contribution in [0.2, 0.25) is 0 Å². The van der Waals surface area contributed by atoms with E-state index in [1.165, 1.54) is 22.3 Å². The van der Waals surface area contributed by atoms with Crippen molar-refractivity contribution < 1.29 is 19.4 Å². The monoisotopic (exact) mass is 380 g/mol.